The van der Waals surface area contributed by atoms with Crippen molar-refractivity contribution in [3.63, 3.8) is 0 Å². The summed E-state index contributed by atoms with van der Waals surface area (Å²) in [5.74, 6) is -0.150. The number of hydrogen-bond acceptors (Lipinski definition) is 2. The molecule has 1 amide bonds. The fourth-order valence-electron chi connectivity index (χ4n) is 2.29. The highest BCUT2D eigenvalue weighted by atomic mass is 16.2. The van der Waals surface area contributed by atoms with Crippen LogP contribution in [0.4, 0.5) is 5.69 Å². The Labute approximate surface area is 117 Å². The maximum Gasteiger partial charge on any atom is 0.273 e. The zero-order valence-electron chi connectivity index (χ0n) is 11.4. The first-order valence-electron chi connectivity index (χ1n) is 6.44. The van der Waals surface area contributed by atoms with Gasteiger partial charge >= 0.3 is 0 Å². The Kier molecular flexibility index (Phi) is 2.99. The normalized spacial score (nSPS) is 10.7. The number of carbonyl (C=O) groups excluding carboxylic acids is 1. The molecule has 0 aliphatic heterocycles. The van der Waals surface area contributed by atoms with E-state index in [0.717, 1.165) is 22.2 Å². The van der Waals surface area contributed by atoms with Gasteiger partial charge in [0.2, 0.25) is 0 Å². The Morgan fingerprint density at radius 2 is 1.85 bits per heavy atom. The molecular weight excluding hydrogens is 250 g/mol. The number of aromatic nitrogens is 2. The molecule has 0 bridgehead atoms. The summed E-state index contributed by atoms with van der Waals surface area (Å²) >= 11 is 0. The van der Waals surface area contributed by atoms with Gasteiger partial charge < -0.3 is 5.32 Å². The number of amides is 1. The Morgan fingerprint density at radius 3 is 2.55 bits per heavy atom. The SMILES string of the molecule is Cc1cc(C(=O)Nc2ccc3ccccc3c2)n(C)n1. The van der Waals surface area contributed by atoms with Gasteiger partial charge in [0, 0.05) is 12.7 Å². The van der Waals surface area contributed by atoms with Gasteiger partial charge in [-0.2, -0.15) is 5.10 Å². The number of anilines is 1. The first kappa shape index (κ1) is 12.4. The molecule has 0 spiro atoms. The molecule has 1 aromatic heterocycles. The van der Waals surface area contributed by atoms with Crippen LogP contribution < -0.4 is 5.32 Å². The van der Waals surface area contributed by atoms with Crippen molar-refractivity contribution in [1.82, 2.24) is 9.78 Å². The topological polar surface area (TPSA) is 46.9 Å². The van der Waals surface area contributed by atoms with Gasteiger partial charge in [-0.05, 0) is 35.9 Å². The van der Waals surface area contributed by atoms with Gasteiger partial charge in [0.15, 0.2) is 0 Å². The van der Waals surface area contributed by atoms with Gasteiger partial charge in [0.25, 0.3) is 5.91 Å². The molecule has 0 aliphatic carbocycles. The highest BCUT2D eigenvalue weighted by Gasteiger charge is 2.11. The molecule has 0 aliphatic rings. The maximum absolute atomic E-state index is 12.2. The van der Waals surface area contributed by atoms with Crippen molar-refractivity contribution in [3.05, 3.63) is 59.9 Å². The lowest BCUT2D eigenvalue weighted by Gasteiger charge is -2.06. The molecule has 3 rings (SSSR count). The lowest BCUT2D eigenvalue weighted by atomic mass is 10.1. The number of rotatable bonds is 2. The van der Waals surface area contributed by atoms with Crippen molar-refractivity contribution in [2.45, 2.75) is 6.92 Å². The van der Waals surface area contributed by atoms with E-state index in [4.69, 9.17) is 0 Å². The number of carbonyl (C=O) groups is 1. The summed E-state index contributed by atoms with van der Waals surface area (Å²) < 4.78 is 1.59. The zero-order valence-corrected chi connectivity index (χ0v) is 11.4. The summed E-state index contributed by atoms with van der Waals surface area (Å²) in [7, 11) is 1.77. The molecule has 100 valence electrons. The second-order valence-electron chi connectivity index (χ2n) is 4.81. The van der Waals surface area contributed by atoms with Crippen LogP contribution in [0.15, 0.2) is 48.5 Å². The summed E-state index contributed by atoms with van der Waals surface area (Å²) in [6.45, 7) is 1.87. The predicted molar refractivity (Wildman–Crippen MR) is 79.8 cm³/mol. The van der Waals surface area contributed by atoms with Crippen LogP contribution in [-0.4, -0.2) is 15.7 Å². The average molecular weight is 265 g/mol. The molecule has 1 N–H and O–H groups in total. The highest BCUT2D eigenvalue weighted by molar-refractivity contribution is 6.04. The van der Waals surface area contributed by atoms with Crippen molar-refractivity contribution in [3.8, 4) is 0 Å². The van der Waals surface area contributed by atoms with E-state index < -0.39 is 0 Å². The Balaban J connectivity index is 1.89. The first-order valence-corrected chi connectivity index (χ1v) is 6.44. The van der Waals surface area contributed by atoms with Gasteiger partial charge in [-0.25, -0.2) is 0 Å². The van der Waals surface area contributed by atoms with Gasteiger partial charge in [-0.15, -0.1) is 0 Å². The molecule has 4 heteroatoms. The molecule has 0 fully saturated rings. The molecule has 0 radical (unpaired) electrons. The van der Waals surface area contributed by atoms with Crippen LogP contribution in [0, 0.1) is 6.92 Å². The third-order valence-electron chi connectivity index (χ3n) is 3.24. The van der Waals surface area contributed by atoms with Crippen LogP contribution in [0.5, 0.6) is 0 Å². The van der Waals surface area contributed by atoms with E-state index in [9.17, 15) is 4.79 Å². The maximum atomic E-state index is 12.2. The van der Waals surface area contributed by atoms with Crippen molar-refractivity contribution in [2.75, 3.05) is 5.32 Å². The summed E-state index contributed by atoms with van der Waals surface area (Å²) in [6, 6.07) is 15.7. The van der Waals surface area contributed by atoms with E-state index in [1.54, 1.807) is 17.8 Å². The number of nitrogens with one attached hydrogen (secondary N) is 1. The van der Waals surface area contributed by atoms with Gasteiger partial charge in [0.05, 0.1) is 5.69 Å². The third kappa shape index (κ3) is 2.28. The molecule has 1 heterocycles. The van der Waals surface area contributed by atoms with Crippen molar-refractivity contribution >= 4 is 22.4 Å². The molecular formula is C16H15N3O. The Hall–Kier alpha value is -2.62. The van der Waals surface area contributed by atoms with E-state index in [1.807, 2.05) is 49.4 Å². The molecule has 0 atom stereocenters. The standard InChI is InChI=1S/C16H15N3O/c1-11-9-15(19(2)18-11)16(20)17-14-8-7-12-5-3-4-6-13(12)10-14/h3-10H,1-2H3,(H,17,20). The summed E-state index contributed by atoms with van der Waals surface area (Å²) in [4.78, 5) is 12.2. The number of fused-ring (bicyclic) bond motifs is 1. The van der Waals surface area contributed by atoms with E-state index in [0.29, 0.717) is 5.69 Å². The Bertz CT molecular complexity index is 789. The number of benzene rings is 2. The molecule has 0 unspecified atom stereocenters. The number of nitrogens with zero attached hydrogens (tertiary/aromatic N) is 2. The molecule has 20 heavy (non-hydrogen) atoms. The van der Waals surface area contributed by atoms with Crippen molar-refractivity contribution in [1.29, 1.82) is 0 Å². The number of hydrogen-bond donors (Lipinski definition) is 1. The lowest BCUT2D eigenvalue weighted by Crippen LogP contribution is -2.15. The van der Waals surface area contributed by atoms with Crippen LogP contribution in [0.25, 0.3) is 10.8 Å². The predicted octanol–water partition coefficient (Wildman–Crippen LogP) is 3.13. The lowest BCUT2D eigenvalue weighted by molar-refractivity contribution is 0.101. The first-order chi connectivity index (χ1) is 9.63. The number of aryl methyl sites for hydroxylation is 2. The monoisotopic (exact) mass is 265 g/mol. The van der Waals surface area contributed by atoms with E-state index >= 15 is 0 Å². The fraction of sp³-hybridized carbons (Fsp3) is 0.125. The highest BCUT2D eigenvalue weighted by Crippen LogP contribution is 2.19. The summed E-state index contributed by atoms with van der Waals surface area (Å²) in [5, 5.41) is 9.34. The van der Waals surface area contributed by atoms with Gasteiger partial charge in [0.1, 0.15) is 5.69 Å². The van der Waals surface area contributed by atoms with E-state index in [-0.39, 0.29) is 5.91 Å². The quantitative estimate of drug-likeness (QED) is 0.773. The molecule has 2 aromatic carbocycles. The molecule has 4 nitrogen and oxygen atoms in total. The average Bonchev–Trinajstić information content (AvgIpc) is 2.78. The second kappa shape index (κ2) is 4.81. The molecule has 0 saturated heterocycles. The van der Waals surface area contributed by atoms with Gasteiger partial charge in [-0.1, -0.05) is 30.3 Å². The van der Waals surface area contributed by atoms with Crippen LogP contribution >= 0.6 is 0 Å². The van der Waals surface area contributed by atoms with Crippen LogP contribution in [0.3, 0.4) is 0 Å². The van der Waals surface area contributed by atoms with Crippen molar-refractivity contribution < 1.29 is 4.79 Å². The van der Waals surface area contributed by atoms with E-state index in [2.05, 4.69) is 10.4 Å². The second-order valence-corrected chi connectivity index (χ2v) is 4.81. The van der Waals surface area contributed by atoms with Crippen molar-refractivity contribution in [2.24, 2.45) is 7.05 Å². The minimum atomic E-state index is -0.150. The summed E-state index contributed by atoms with van der Waals surface area (Å²) in [6.07, 6.45) is 0. The Morgan fingerprint density at radius 1 is 1.10 bits per heavy atom. The molecule has 0 saturated carbocycles. The zero-order chi connectivity index (χ0) is 14.1. The smallest absolute Gasteiger partial charge is 0.273 e. The fourth-order valence-corrected chi connectivity index (χ4v) is 2.29. The molecule has 3 aromatic rings. The largest absolute Gasteiger partial charge is 0.321 e. The van der Waals surface area contributed by atoms with E-state index in [1.165, 1.54) is 0 Å². The minimum Gasteiger partial charge on any atom is -0.321 e. The van der Waals surface area contributed by atoms with Crippen LogP contribution in [0.1, 0.15) is 16.2 Å². The van der Waals surface area contributed by atoms with Crippen LogP contribution in [-0.2, 0) is 7.05 Å². The summed E-state index contributed by atoms with van der Waals surface area (Å²) in [5.41, 5.74) is 2.17. The van der Waals surface area contributed by atoms with Gasteiger partial charge in [-0.3, -0.25) is 9.48 Å². The minimum absolute atomic E-state index is 0.150. The third-order valence-corrected chi connectivity index (χ3v) is 3.24. The van der Waals surface area contributed by atoms with Crippen LogP contribution in [0.2, 0.25) is 0 Å².